The average Bonchev–Trinajstić information content (AvgIpc) is 3.22. The smallest absolute Gasteiger partial charge is 0.140 e. The predicted octanol–water partition coefficient (Wildman–Crippen LogP) is 6.37. The van der Waals surface area contributed by atoms with Gasteiger partial charge in [-0.1, -0.05) is 86.1 Å². The van der Waals surface area contributed by atoms with Crippen molar-refractivity contribution in [3.05, 3.63) is 96.2 Å². The van der Waals surface area contributed by atoms with Gasteiger partial charge < -0.3 is 14.8 Å². The highest BCUT2D eigenvalue weighted by molar-refractivity contribution is 5.68. The Morgan fingerprint density at radius 2 is 1.42 bits per heavy atom. The zero-order chi connectivity index (χ0) is 23.0. The average molecular weight is 439 g/mol. The monoisotopic (exact) mass is 438 g/mol. The Morgan fingerprint density at radius 3 is 2.03 bits per heavy atom. The highest BCUT2D eigenvalue weighted by Crippen LogP contribution is 2.30. The number of rotatable bonds is 10. The minimum atomic E-state index is 0.767. The van der Waals surface area contributed by atoms with Crippen LogP contribution in [0.5, 0.6) is 0 Å². The van der Waals surface area contributed by atoms with Crippen molar-refractivity contribution in [3.63, 3.8) is 0 Å². The van der Waals surface area contributed by atoms with Gasteiger partial charge >= 0.3 is 0 Å². The molecule has 0 atom stereocenters. The van der Waals surface area contributed by atoms with Crippen LogP contribution in [0.25, 0.3) is 22.6 Å². The van der Waals surface area contributed by atoms with E-state index in [2.05, 4.69) is 121 Å². The van der Waals surface area contributed by atoms with Crippen LogP contribution in [0.2, 0.25) is 0 Å². The summed E-state index contributed by atoms with van der Waals surface area (Å²) in [6.07, 6.45) is 2.28. The predicted molar refractivity (Wildman–Crippen MR) is 139 cm³/mol. The fraction of sp³-hybridized carbons (Fsp3) is 0.276. The standard InChI is InChI=1S/C29H34N4/c1-4-5-20-33-27(22-30-21-23-16-18-26(19-17-23)32(2)3)28(24-12-8-6-9-13-24)31-29(33)25-14-10-7-11-15-25/h6-19,30H,4-5,20-22H2,1-3H3. The first-order chi connectivity index (χ1) is 16.2. The number of imidazole rings is 1. The normalized spacial score (nSPS) is 11.0. The van der Waals surface area contributed by atoms with Crippen molar-refractivity contribution >= 4 is 5.69 Å². The van der Waals surface area contributed by atoms with Gasteiger partial charge in [0.1, 0.15) is 5.82 Å². The van der Waals surface area contributed by atoms with Crippen LogP contribution in [0, 0.1) is 0 Å². The van der Waals surface area contributed by atoms with Crippen LogP contribution >= 0.6 is 0 Å². The summed E-state index contributed by atoms with van der Waals surface area (Å²) < 4.78 is 2.42. The van der Waals surface area contributed by atoms with Gasteiger partial charge in [0.25, 0.3) is 0 Å². The molecule has 4 aromatic rings. The maximum absolute atomic E-state index is 5.18. The lowest BCUT2D eigenvalue weighted by molar-refractivity contribution is 0.585. The molecule has 4 nitrogen and oxygen atoms in total. The second-order valence-electron chi connectivity index (χ2n) is 8.63. The van der Waals surface area contributed by atoms with Crippen LogP contribution in [0.4, 0.5) is 5.69 Å². The van der Waals surface area contributed by atoms with Crippen LogP contribution in [0.3, 0.4) is 0 Å². The molecule has 4 rings (SSSR count). The summed E-state index contributed by atoms with van der Waals surface area (Å²) >= 11 is 0. The summed E-state index contributed by atoms with van der Waals surface area (Å²) in [5, 5.41) is 3.68. The quantitative estimate of drug-likeness (QED) is 0.312. The maximum Gasteiger partial charge on any atom is 0.140 e. The highest BCUT2D eigenvalue weighted by Gasteiger charge is 2.19. The van der Waals surface area contributed by atoms with E-state index in [0.29, 0.717) is 0 Å². The Morgan fingerprint density at radius 1 is 0.788 bits per heavy atom. The topological polar surface area (TPSA) is 33.1 Å². The summed E-state index contributed by atoms with van der Waals surface area (Å²) in [6.45, 7) is 4.80. The first kappa shape index (κ1) is 22.8. The van der Waals surface area contributed by atoms with Crippen LogP contribution in [0.1, 0.15) is 31.0 Å². The van der Waals surface area contributed by atoms with E-state index in [1.54, 1.807) is 0 Å². The van der Waals surface area contributed by atoms with Crippen molar-refractivity contribution in [1.29, 1.82) is 0 Å². The third-order valence-corrected chi connectivity index (χ3v) is 5.96. The summed E-state index contributed by atoms with van der Waals surface area (Å²) in [6, 6.07) is 29.8. The lowest BCUT2D eigenvalue weighted by atomic mass is 10.1. The first-order valence-electron chi connectivity index (χ1n) is 11.8. The molecule has 33 heavy (non-hydrogen) atoms. The number of unbranched alkanes of at least 4 members (excludes halogenated alkanes) is 1. The largest absolute Gasteiger partial charge is 0.378 e. The summed E-state index contributed by atoms with van der Waals surface area (Å²) in [7, 11) is 4.14. The van der Waals surface area contributed by atoms with E-state index in [0.717, 1.165) is 55.1 Å². The molecule has 0 saturated carbocycles. The van der Waals surface area contributed by atoms with E-state index in [1.165, 1.54) is 16.9 Å². The minimum Gasteiger partial charge on any atom is -0.378 e. The maximum atomic E-state index is 5.18. The lowest BCUT2D eigenvalue weighted by Gasteiger charge is -2.15. The van der Waals surface area contributed by atoms with E-state index in [9.17, 15) is 0 Å². The van der Waals surface area contributed by atoms with Crippen molar-refractivity contribution in [2.24, 2.45) is 0 Å². The zero-order valence-electron chi connectivity index (χ0n) is 20.0. The molecule has 3 aromatic carbocycles. The van der Waals surface area contributed by atoms with Gasteiger partial charge in [0, 0.05) is 50.5 Å². The van der Waals surface area contributed by atoms with Gasteiger partial charge in [-0.25, -0.2) is 4.98 Å². The molecular formula is C29H34N4. The number of benzene rings is 3. The summed E-state index contributed by atoms with van der Waals surface area (Å²) in [4.78, 5) is 7.30. The second kappa shape index (κ2) is 11.0. The van der Waals surface area contributed by atoms with Crippen molar-refractivity contribution in [2.75, 3.05) is 19.0 Å². The van der Waals surface area contributed by atoms with E-state index >= 15 is 0 Å². The van der Waals surface area contributed by atoms with E-state index in [-0.39, 0.29) is 0 Å². The molecule has 0 fully saturated rings. The van der Waals surface area contributed by atoms with Gasteiger partial charge in [0.2, 0.25) is 0 Å². The molecule has 0 saturated heterocycles. The third kappa shape index (κ3) is 5.52. The van der Waals surface area contributed by atoms with Gasteiger partial charge in [0.05, 0.1) is 11.4 Å². The van der Waals surface area contributed by atoms with Crippen LogP contribution < -0.4 is 10.2 Å². The fourth-order valence-corrected chi connectivity index (χ4v) is 4.09. The molecule has 0 radical (unpaired) electrons. The van der Waals surface area contributed by atoms with Crippen LogP contribution in [-0.2, 0) is 19.6 Å². The number of aromatic nitrogens is 2. The number of nitrogens with zero attached hydrogens (tertiary/aromatic N) is 3. The molecule has 0 aliphatic carbocycles. The van der Waals surface area contributed by atoms with Gasteiger partial charge in [-0.3, -0.25) is 0 Å². The molecule has 0 aliphatic heterocycles. The highest BCUT2D eigenvalue weighted by atomic mass is 15.1. The zero-order valence-corrected chi connectivity index (χ0v) is 20.0. The molecule has 0 unspecified atom stereocenters. The van der Waals surface area contributed by atoms with E-state index in [4.69, 9.17) is 4.98 Å². The van der Waals surface area contributed by atoms with Crippen molar-refractivity contribution in [3.8, 4) is 22.6 Å². The number of anilines is 1. The molecule has 0 aliphatic rings. The van der Waals surface area contributed by atoms with E-state index in [1.807, 2.05) is 0 Å². The molecule has 170 valence electrons. The van der Waals surface area contributed by atoms with Gasteiger partial charge in [0.15, 0.2) is 0 Å². The minimum absolute atomic E-state index is 0.767. The Labute approximate surface area is 197 Å². The lowest BCUT2D eigenvalue weighted by Crippen LogP contribution is -2.17. The molecule has 0 amide bonds. The SMILES string of the molecule is CCCCn1c(-c2ccccc2)nc(-c2ccccc2)c1CNCc1ccc(N(C)C)cc1. The molecule has 1 aromatic heterocycles. The van der Waals surface area contributed by atoms with Crippen molar-refractivity contribution < 1.29 is 0 Å². The van der Waals surface area contributed by atoms with Crippen LogP contribution in [-0.4, -0.2) is 23.6 Å². The summed E-state index contributed by atoms with van der Waals surface area (Å²) in [5.74, 6) is 1.05. The van der Waals surface area contributed by atoms with E-state index < -0.39 is 0 Å². The Hall–Kier alpha value is -3.37. The first-order valence-corrected chi connectivity index (χ1v) is 11.8. The van der Waals surface area contributed by atoms with Gasteiger partial charge in [-0.15, -0.1) is 0 Å². The van der Waals surface area contributed by atoms with Crippen LogP contribution in [0.15, 0.2) is 84.9 Å². The Bertz CT molecular complexity index is 1130. The van der Waals surface area contributed by atoms with Gasteiger partial charge in [-0.2, -0.15) is 0 Å². The molecule has 0 bridgehead atoms. The second-order valence-corrected chi connectivity index (χ2v) is 8.63. The van der Waals surface area contributed by atoms with Gasteiger partial charge in [-0.05, 0) is 24.1 Å². The molecule has 1 N–H and O–H groups in total. The Kier molecular flexibility index (Phi) is 7.59. The van der Waals surface area contributed by atoms with Crippen molar-refractivity contribution in [1.82, 2.24) is 14.9 Å². The molecule has 1 heterocycles. The third-order valence-electron chi connectivity index (χ3n) is 5.96. The summed E-state index contributed by atoms with van der Waals surface area (Å²) in [5.41, 5.74) is 7.15. The molecular weight excluding hydrogens is 404 g/mol. The number of nitrogens with one attached hydrogen (secondary N) is 1. The van der Waals surface area contributed by atoms with Crippen molar-refractivity contribution in [2.45, 2.75) is 39.4 Å². The molecule has 4 heteroatoms. The molecule has 0 spiro atoms. The number of hydrogen-bond donors (Lipinski definition) is 1. The fourth-order valence-electron chi connectivity index (χ4n) is 4.09. The Balaban J connectivity index is 1.66. The number of hydrogen-bond acceptors (Lipinski definition) is 3.